The van der Waals surface area contributed by atoms with Gasteiger partial charge in [-0.05, 0) is 62.0 Å². The molecule has 1 heterocycles. The molecule has 0 spiro atoms. The Morgan fingerprint density at radius 1 is 1.16 bits per heavy atom. The van der Waals surface area contributed by atoms with Gasteiger partial charge in [0.1, 0.15) is 0 Å². The molecule has 0 aliphatic heterocycles. The second-order valence-corrected chi connectivity index (χ2v) is 7.26. The number of aromatic nitrogens is 1. The summed E-state index contributed by atoms with van der Waals surface area (Å²) in [4.78, 5) is 17.6. The van der Waals surface area contributed by atoms with E-state index < -0.39 is 5.97 Å². The molecule has 0 N–H and O–H groups in total. The molecule has 0 aliphatic carbocycles. The summed E-state index contributed by atoms with van der Waals surface area (Å²) in [5, 5.41) is 0.427. The second kappa shape index (κ2) is 7.89. The maximum Gasteiger partial charge on any atom is 0.361 e. The largest absolute Gasteiger partial charge is 0.461 e. The predicted molar refractivity (Wildman–Crippen MR) is 101 cm³/mol. The van der Waals surface area contributed by atoms with Crippen LogP contribution in [-0.4, -0.2) is 17.6 Å². The molecule has 1 aromatic heterocycles. The number of carbonyl (C=O) groups is 1. The van der Waals surface area contributed by atoms with Crippen LogP contribution >= 0.6 is 27.7 Å². The van der Waals surface area contributed by atoms with E-state index in [2.05, 4.69) is 20.9 Å². The number of ether oxygens (including phenoxy) is 1. The number of nitrogens with zero attached hydrogens (tertiary/aromatic N) is 1. The number of hydrogen-bond donors (Lipinski definition) is 0. The lowest BCUT2D eigenvalue weighted by Crippen LogP contribution is -2.06. The summed E-state index contributed by atoms with van der Waals surface area (Å²) in [6.07, 6.45) is 0. The Bertz CT molecular complexity index is 873. The Morgan fingerprint density at radius 3 is 2.48 bits per heavy atom. The number of aryl methyl sites for hydroxylation is 1. The Morgan fingerprint density at radius 2 is 1.84 bits per heavy atom. The molecule has 0 amide bonds. The Balaban J connectivity index is 1.97. The van der Waals surface area contributed by atoms with Crippen LogP contribution in [0.25, 0.3) is 11.5 Å². The molecule has 0 bridgehead atoms. The Kier molecular flexibility index (Phi) is 5.60. The van der Waals surface area contributed by atoms with Crippen molar-refractivity contribution in [1.82, 2.24) is 4.98 Å². The van der Waals surface area contributed by atoms with Crippen LogP contribution in [0.3, 0.4) is 0 Å². The van der Waals surface area contributed by atoms with Crippen molar-refractivity contribution in [2.75, 3.05) is 6.61 Å². The molecule has 0 saturated carbocycles. The second-order valence-electron chi connectivity index (χ2n) is 5.30. The van der Waals surface area contributed by atoms with Gasteiger partial charge in [0, 0.05) is 14.9 Å². The molecule has 0 fully saturated rings. The molecular formula is C19H16BrNO3S. The molecule has 0 atom stereocenters. The SMILES string of the molecule is CCOC(=O)c1nc(-c2ccc(C)cc2)oc1Sc1ccc(Br)cc1. The minimum absolute atomic E-state index is 0.199. The van der Waals surface area contributed by atoms with Crippen LogP contribution in [0.5, 0.6) is 0 Å². The number of esters is 1. The van der Waals surface area contributed by atoms with Crippen molar-refractivity contribution < 1.29 is 13.9 Å². The zero-order valence-electron chi connectivity index (χ0n) is 13.8. The first kappa shape index (κ1) is 17.8. The molecule has 0 saturated heterocycles. The van der Waals surface area contributed by atoms with E-state index in [0.717, 1.165) is 20.5 Å². The highest BCUT2D eigenvalue weighted by molar-refractivity contribution is 9.10. The molecule has 4 nitrogen and oxygen atoms in total. The number of hydrogen-bond acceptors (Lipinski definition) is 5. The predicted octanol–water partition coefficient (Wildman–Crippen LogP) is 5.74. The van der Waals surface area contributed by atoms with Crippen LogP contribution in [0.15, 0.2) is 67.4 Å². The zero-order chi connectivity index (χ0) is 17.8. The van der Waals surface area contributed by atoms with Crippen LogP contribution in [-0.2, 0) is 4.74 Å². The number of rotatable bonds is 5. The number of benzene rings is 2. The topological polar surface area (TPSA) is 52.3 Å². The van der Waals surface area contributed by atoms with Crippen LogP contribution in [0.2, 0.25) is 0 Å². The first-order valence-electron chi connectivity index (χ1n) is 7.75. The first-order valence-corrected chi connectivity index (χ1v) is 9.36. The van der Waals surface area contributed by atoms with E-state index in [-0.39, 0.29) is 12.3 Å². The maximum absolute atomic E-state index is 12.2. The average Bonchev–Trinajstić information content (AvgIpc) is 3.02. The van der Waals surface area contributed by atoms with Crippen molar-refractivity contribution in [3.05, 3.63) is 64.3 Å². The molecule has 2 aromatic carbocycles. The standard InChI is InChI=1S/C19H16BrNO3S/c1-3-23-18(22)16-19(25-15-10-8-14(20)9-11-15)24-17(21-16)13-6-4-12(2)5-7-13/h4-11H,3H2,1-2H3. The minimum Gasteiger partial charge on any atom is -0.461 e. The maximum atomic E-state index is 12.2. The fourth-order valence-corrected chi connectivity index (χ4v) is 3.23. The van der Waals surface area contributed by atoms with E-state index in [9.17, 15) is 4.79 Å². The van der Waals surface area contributed by atoms with Gasteiger partial charge in [-0.3, -0.25) is 0 Å². The molecular weight excluding hydrogens is 402 g/mol. The van der Waals surface area contributed by atoms with Gasteiger partial charge < -0.3 is 9.15 Å². The van der Waals surface area contributed by atoms with Crippen LogP contribution in [0, 0.1) is 6.92 Å². The van der Waals surface area contributed by atoms with Gasteiger partial charge in [0.25, 0.3) is 0 Å². The highest BCUT2D eigenvalue weighted by atomic mass is 79.9. The van der Waals surface area contributed by atoms with Crippen LogP contribution < -0.4 is 0 Å². The van der Waals surface area contributed by atoms with E-state index in [1.54, 1.807) is 6.92 Å². The van der Waals surface area contributed by atoms with Gasteiger partial charge in [-0.1, -0.05) is 33.6 Å². The smallest absolute Gasteiger partial charge is 0.361 e. The van der Waals surface area contributed by atoms with Gasteiger partial charge in [-0.25, -0.2) is 9.78 Å². The molecule has 6 heteroatoms. The lowest BCUT2D eigenvalue weighted by Gasteiger charge is -2.01. The van der Waals surface area contributed by atoms with Crippen molar-refractivity contribution in [3.63, 3.8) is 0 Å². The fraction of sp³-hybridized carbons (Fsp3) is 0.158. The summed E-state index contributed by atoms with van der Waals surface area (Å²) < 4.78 is 12.0. The molecule has 128 valence electrons. The zero-order valence-corrected chi connectivity index (χ0v) is 16.2. The van der Waals surface area contributed by atoms with Gasteiger partial charge in [-0.2, -0.15) is 0 Å². The number of halogens is 1. The van der Waals surface area contributed by atoms with Gasteiger partial charge >= 0.3 is 5.97 Å². The highest BCUT2D eigenvalue weighted by Gasteiger charge is 2.23. The van der Waals surface area contributed by atoms with E-state index >= 15 is 0 Å². The van der Waals surface area contributed by atoms with E-state index in [0.29, 0.717) is 11.0 Å². The monoisotopic (exact) mass is 417 g/mol. The first-order chi connectivity index (χ1) is 12.1. The fourth-order valence-electron chi connectivity index (χ4n) is 2.13. The summed E-state index contributed by atoms with van der Waals surface area (Å²) in [5.74, 6) is -0.0770. The molecule has 25 heavy (non-hydrogen) atoms. The number of carbonyl (C=O) groups excluding carboxylic acids is 1. The molecule has 0 radical (unpaired) electrons. The summed E-state index contributed by atoms with van der Waals surface area (Å²) in [6.45, 7) is 4.06. The Hall–Kier alpha value is -2.05. The van der Waals surface area contributed by atoms with Crippen LogP contribution in [0.4, 0.5) is 0 Å². The van der Waals surface area contributed by atoms with Crippen molar-refractivity contribution in [2.24, 2.45) is 0 Å². The lowest BCUT2D eigenvalue weighted by molar-refractivity contribution is 0.0513. The molecule has 0 aliphatic rings. The van der Waals surface area contributed by atoms with Gasteiger partial charge in [0.15, 0.2) is 0 Å². The van der Waals surface area contributed by atoms with E-state index in [1.165, 1.54) is 11.8 Å². The molecule has 3 rings (SSSR count). The third kappa shape index (κ3) is 4.32. The van der Waals surface area contributed by atoms with Crippen molar-refractivity contribution in [2.45, 2.75) is 23.8 Å². The Labute approximate surface area is 158 Å². The minimum atomic E-state index is -0.482. The lowest BCUT2D eigenvalue weighted by atomic mass is 10.1. The van der Waals surface area contributed by atoms with Gasteiger partial charge in [-0.15, -0.1) is 0 Å². The average molecular weight is 418 g/mol. The molecule has 3 aromatic rings. The normalized spacial score (nSPS) is 10.7. The summed E-state index contributed by atoms with van der Waals surface area (Å²) in [5.41, 5.74) is 2.16. The van der Waals surface area contributed by atoms with Gasteiger partial charge in [0.05, 0.1) is 6.61 Å². The van der Waals surface area contributed by atoms with Crippen molar-refractivity contribution >= 4 is 33.7 Å². The number of oxazole rings is 1. The van der Waals surface area contributed by atoms with Gasteiger partial charge in [0.2, 0.25) is 16.7 Å². The van der Waals surface area contributed by atoms with Crippen molar-refractivity contribution in [1.29, 1.82) is 0 Å². The van der Waals surface area contributed by atoms with E-state index in [4.69, 9.17) is 9.15 Å². The third-order valence-corrected chi connectivity index (χ3v) is 4.89. The summed E-state index contributed by atoms with van der Waals surface area (Å²) in [6, 6.07) is 15.5. The van der Waals surface area contributed by atoms with Crippen LogP contribution in [0.1, 0.15) is 23.0 Å². The summed E-state index contributed by atoms with van der Waals surface area (Å²) >= 11 is 4.76. The molecule has 0 unspecified atom stereocenters. The van der Waals surface area contributed by atoms with Crippen molar-refractivity contribution in [3.8, 4) is 11.5 Å². The van der Waals surface area contributed by atoms with E-state index in [1.807, 2.05) is 55.5 Å². The highest BCUT2D eigenvalue weighted by Crippen LogP contribution is 2.35. The third-order valence-electron chi connectivity index (χ3n) is 3.39. The summed E-state index contributed by atoms with van der Waals surface area (Å²) in [7, 11) is 0. The quantitative estimate of drug-likeness (QED) is 0.495.